The maximum atomic E-state index is 12.6. The molecule has 2 aromatic carbocycles. The number of carboxylic acid groups (broad SMARTS) is 1. The van der Waals surface area contributed by atoms with Crippen LogP contribution in [0.5, 0.6) is 0 Å². The SMILES string of the molecule is C[C@H](O/N=C(\C(=O)O)c1csc(N)n1)C(=O)OC(c1ccccc1)c1ccccc1. The Labute approximate surface area is 176 Å². The normalized spacial score (nSPS) is 12.4. The van der Waals surface area contributed by atoms with Crippen molar-refractivity contribution in [2.75, 3.05) is 5.73 Å². The first-order chi connectivity index (χ1) is 14.5. The zero-order valence-corrected chi connectivity index (χ0v) is 16.8. The second kappa shape index (κ2) is 9.66. The highest BCUT2D eigenvalue weighted by molar-refractivity contribution is 7.13. The second-order valence-electron chi connectivity index (χ2n) is 6.20. The predicted octanol–water partition coefficient (Wildman–Crippen LogP) is 3.25. The van der Waals surface area contributed by atoms with Gasteiger partial charge in [-0.3, -0.25) is 0 Å². The van der Waals surface area contributed by atoms with Gasteiger partial charge in [0.25, 0.3) is 0 Å². The first-order valence-corrected chi connectivity index (χ1v) is 9.82. The van der Waals surface area contributed by atoms with Crippen LogP contribution in [0.2, 0.25) is 0 Å². The van der Waals surface area contributed by atoms with Crippen molar-refractivity contribution in [1.29, 1.82) is 0 Å². The maximum absolute atomic E-state index is 12.6. The number of carbonyl (C=O) groups is 2. The molecule has 0 bridgehead atoms. The van der Waals surface area contributed by atoms with Gasteiger partial charge in [0.2, 0.25) is 11.8 Å². The van der Waals surface area contributed by atoms with E-state index in [2.05, 4.69) is 10.1 Å². The largest absolute Gasteiger partial charge is 0.476 e. The number of thiazole rings is 1. The fourth-order valence-corrected chi connectivity index (χ4v) is 3.11. The lowest BCUT2D eigenvalue weighted by atomic mass is 10.0. The van der Waals surface area contributed by atoms with Crippen LogP contribution >= 0.6 is 11.3 Å². The van der Waals surface area contributed by atoms with E-state index in [1.54, 1.807) is 0 Å². The Kier molecular flexibility index (Phi) is 6.76. The molecule has 8 nitrogen and oxygen atoms in total. The number of nitrogens with two attached hydrogens (primary N) is 1. The number of anilines is 1. The Hall–Kier alpha value is -3.72. The summed E-state index contributed by atoms with van der Waals surface area (Å²) in [4.78, 5) is 33.1. The van der Waals surface area contributed by atoms with Gasteiger partial charge < -0.3 is 20.4 Å². The number of carboxylic acids is 1. The zero-order chi connectivity index (χ0) is 21.5. The van der Waals surface area contributed by atoms with Crippen LogP contribution in [0.3, 0.4) is 0 Å². The average molecular weight is 425 g/mol. The summed E-state index contributed by atoms with van der Waals surface area (Å²) in [5.74, 6) is -2.05. The van der Waals surface area contributed by atoms with Crippen molar-refractivity contribution in [3.05, 3.63) is 82.9 Å². The lowest BCUT2D eigenvalue weighted by Crippen LogP contribution is -2.25. The molecular weight excluding hydrogens is 406 g/mol. The highest BCUT2D eigenvalue weighted by Gasteiger charge is 2.25. The number of hydrogen-bond donors (Lipinski definition) is 2. The van der Waals surface area contributed by atoms with Crippen molar-refractivity contribution in [3.63, 3.8) is 0 Å². The molecule has 0 aliphatic rings. The molecule has 0 fully saturated rings. The van der Waals surface area contributed by atoms with Crippen LogP contribution in [0.4, 0.5) is 5.13 Å². The molecule has 3 aromatic rings. The summed E-state index contributed by atoms with van der Waals surface area (Å²) in [6, 6.07) is 18.5. The number of rotatable bonds is 8. The van der Waals surface area contributed by atoms with Gasteiger partial charge in [-0.05, 0) is 18.1 Å². The lowest BCUT2D eigenvalue weighted by Gasteiger charge is -2.20. The molecule has 30 heavy (non-hydrogen) atoms. The third kappa shape index (κ3) is 5.21. The zero-order valence-electron chi connectivity index (χ0n) is 16.0. The molecule has 0 amide bonds. The number of benzene rings is 2. The van der Waals surface area contributed by atoms with Crippen molar-refractivity contribution < 1.29 is 24.3 Å². The van der Waals surface area contributed by atoms with Crippen LogP contribution < -0.4 is 5.73 Å². The summed E-state index contributed by atoms with van der Waals surface area (Å²) in [5.41, 5.74) is 6.71. The third-order valence-corrected chi connectivity index (χ3v) is 4.71. The molecule has 0 saturated heterocycles. The van der Waals surface area contributed by atoms with E-state index in [9.17, 15) is 14.7 Å². The van der Waals surface area contributed by atoms with Gasteiger partial charge in [0, 0.05) is 5.38 Å². The van der Waals surface area contributed by atoms with Crippen molar-refractivity contribution in [2.45, 2.75) is 19.1 Å². The quantitative estimate of drug-likeness (QED) is 0.322. The molecule has 1 aromatic heterocycles. The predicted molar refractivity (Wildman–Crippen MR) is 112 cm³/mol. The van der Waals surface area contributed by atoms with Crippen molar-refractivity contribution in [3.8, 4) is 0 Å². The van der Waals surface area contributed by atoms with E-state index in [-0.39, 0.29) is 10.8 Å². The smallest absolute Gasteiger partial charge is 0.360 e. The number of nitrogens with zero attached hydrogens (tertiary/aromatic N) is 2. The monoisotopic (exact) mass is 425 g/mol. The van der Waals surface area contributed by atoms with Gasteiger partial charge in [0.1, 0.15) is 5.69 Å². The minimum Gasteiger partial charge on any atom is -0.476 e. The summed E-state index contributed by atoms with van der Waals surface area (Å²) in [5, 5.41) is 14.5. The summed E-state index contributed by atoms with van der Waals surface area (Å²) < 4.78 is 5.67. The van der Waals surface area contributed by atoms with Crippen molar-refractivity contribution in [1.82, 2.24) is 4.98 Å². The topological polar surface area (TPSA) is 124 Å². The van der Waals surface area contributed by atoms with E-state index in [1.807, 2.05) is 60.7 Å². The minimum absolute atomic E-state index is 0.0528. The van der Waals surface area contributed by atoms with Gasteiger partial charge in [0.05, 0.1) is 0 Å². The summed E-state index contributed by atoms with van der Waals surface area (Å²) in [6.45, 7) is 1.42. The molecule has 3 N–H and O–H groups in total. The van der Waals surface area contributed by atoms with E-state index in [0.717, 1.165) is 22.5 Å². The second-order valence-corrected chi connectivity index (χ2v) is 7.09. The molecule has 0 saturated carbocycles. The van der Waals surface area contributed by atoms with Gasteiger partial charge in [-0.25, -0.2) is 14.6 Å². The van der Waals surface area contributed by atoms with Crippen LogP contribution in [0.15, 0.2) is 71.2 Å². The Morgan fingerprint density at radius 1 is 1.07 bits per heavy atom. The van der Waals surface area contributed by atoms with Crippen LogP contribution in [-0.2, 0) is 19.2 Å². The number of aliphatic carboxylic acids is 1. The standard InChI is InChI=1S/C21H19N3O5S/c1-13(29-24-17(19(25)26)16-12-30-21(22)23-16)20(27)28-18(14-8-4-2-5-9-14)15-10-6-3-7-11-15/h2-13,18H,1H3,(H2,22,23)(H,25,26)/b24-17-/t13-/m0/s1. The molecule has 0 unspecified atom stereocenters. The number of nitrogen functional groups attached to an aromatic ring is 1. The van der Waals surface area contributed by atoms with E-state index in [0.29, 0.717) is 0 Å². The van der Waals surface area contributed by atoms with Crippen LogP contribution in [0.25, 0.3) is 0 Å². The van der Waals surface area contributed by atoms with E-state index in [4.69, 9.17) is 15.3 Å². The molecule has 0 radical (unpaired) electrons. The van der Waals surface area contributed by atoms with Crippen LogP contribution in [0.1, 0.15) is 29.8 Å². The third-order valence-electron chi connectivity index (χ3n) is 4.04. The fourth-order valence-electron chi connectivity index (χ4n) is 2.56. The van der Waals surface area contributed by atoms with Gasteiger partial charge in [-0.1, -0.05) is 65.8 Å². The molecule has 9 heteroatoms. The summed E-state index contributed by atoms with van der Waals surface area (Å²) >= 11 is 1.07. The molecule has 3 rings (SSSR count). The highest BCUT2D eigenvalue weighted by atomic mass is 32.1. The van der Waals surface area contributed by atoms with Gasteiger partial charge in [-0.2, -0.15) is 0 Å². The lowest BCUT2D eigenvalue weighted by molar-refractivity contribution is -0.160. The summed E-state index contributed by atoms with van der Waals surface area (Å²) in [6.07, 6.45) is -1.79. The van der Waals surface area contributed by atoms with Crippen LogP contribution in [-0.4, -0.2) is 33.8 Å². The Morgan fingerprint density at radius 2 is 1.63 bits per heavy atom. The number of ether oxygens (including phenoxy) is 1. The maximum Gasteiger partial charge on any atom is 0.360 e. The molecule has 154 valence electrons. The van der Waals surface area contributed by atoms with Crippen molar-refractivity contribution in [2.24, 2.45) is 5.16 Å². The Bertz CT molecular complexity index is 998. The molecule has 1 atom stereocenters. The Morgan fingerprint density at radius 3 is 2.10 bits per heavy atom. The Balaban J connectivity index is 1.76. The number of carbonyl (C=O) groups excluding carboxylic acids is 1. The van der Waals surface area contributed by atoms with Gasteiger partial charge >= 0.3 is 11.9 Å². The van der Waals surface area contributed by atoms with E-state index < -0.39 is 29.9 Å². The number of esters is 1. The number of aromatic nitrogens is 1. The molecular formula is C21H19N3O5S. The van der Waals surface area contributed by atoms with Crippen molar-refractivity contribution >= 4 is 34.1 Å². The van der Waals surface area contributed by atoms with Crippen LogP contribution in [0, 0.1) is 0 Å². The van der Waals surface area contributed by atoms with E-state index >= 15 is 0 Å². The van der Waals surface area contributed by atoms with E-state index in [1.165, 1.54) is 12.3 Å². The number of oxime groups is 1. The average Bonchev–Trinajstić information content (AvgIpc) is 3.18. The molecule has 0 aliphatic carbocycles. The van der Waals surface area contributed by atoms with Gasteiger partial charge in [0.15, 0.2) is 11.2 Å². The molecule has 1 heterocycles. The first-order valence-electron chi connectivity index (χ1n) is 8.94. The molecule has 0 aliphatic heterocycles. The van der Waals surface area contributed by atoms with Gasteiger partial charge in [-0.15, -0.1) is 11.3 Å². The summed E-state index contributed by atoms with van der Waals surface area (Å²) in [7, 11) is 0. The molecule has 0 spiro atoms. The number of hydrogen-bond acceptors (Lipinski definition) is 8. The first kappa shape index (κ1) is 21.0. The fraction of sp³-hybridized carbons (Fsp3) is 0.143. The highest BCUT2D eigenvalue weighted by Crippen LogP contribution is 2.26. The minimum atomic E-state index is -1.35.